The van der Waals surface area contributed by atoms with Crippen LogP contribution in [0.4, 0.5) is 0 Å². The lowest BCUT2D eigenvalue weighted by Crippen LogP contribution is -2.48. The summed E-state index contributed by atoms with van der Waals surface area (Å²) in [4.78, 5) is 27.0. The van der Waals surface area contributed by atoms with Gasteiger partial charge in [0.05, 0.1) is 5.75 Å². The van der Waals surface area contributed by atoms with Crippen molar-refractivity contribution in [2.24, 2.45) is 0 Å². The van der Waals surface area contributed by atoms with Gasteiger partial charge in [0.25, 0.3) is 0 Å². The van der Waals surface area contributed by atoms with Crippen LogP contribution in [-0.4, -0.2) is 35.1 Å². The van der Waals surface area contributed by atoms with Crippen molar-refractivity contribution in [3.63, 3.8) is 0 Å². The molecule has 5 heteroatoms. The summed E-state index contributed by atoms with van der Waals surface area (Å²) in [5.41, 5.74) is 2.22. The van der Waals surface area contributed by atoms with Gasteiger partial charge in [-0.1, -0.05) is 67.6 Å². The Balaban J connectivity index is 2.00. The van der Waals surface area contributed by atoms with Crippen LogP contribution in [0.1, 0.15) is 31.4 Å². The van der Waals surface area contributed by atoms with Crippen LogP contribution in [0, 0.1) is 0 Å². The van der Waals surface area contributed by atoms with E-state index in [2.05, 4.69) is 17.4 Å². The van der Waals surface area contributed by atoms with Crippen molar-refractivity contribution in [2.45, 2.75) is 38.6 Å². The van der Waals surface area contributed by atoms with Gasteiger partial charge in [0.2, 0.25) is 11.8 Å². The second-order valence-electron chi connectivity index (χ2n) is 6.45. The monoisotopic (exact) mass is 384 g/mol. The van der Waals surface area contributed by atoms with Crippen LogP contribution in [0.5, 0.6) is 0 Å². The van der Waals surface area contributed by atoms with E-state index in [0.717, 1.165) is 17.7 Å². The lowest BCUT2D eigenvalue weighted by atomic mass is 10.1. The van der Waals surface area contributed by atoms with Crippen LogP contribution >= 0.6 is 11.8 Å². The summed E-state index contributed by atoms with van der Waals surface area (Å²) in [5, 5.41) is 2.90. The van der Waals surface area contributed by atoms with Crippen molar-refractivity contribution in [1.82, 2.24) is 10.2 Å². The number of amides is 2. The SMILES string of the molecule is CCCNC(=O)C(C)N(Cc1ccccc1)C(=O)CSCc1ccccc1. The third-order valence-electron chi connectivity index (χ3n) is 4.25. The van der Waals surface area contributed by atoms with Crippen LogP contribution < -0.4 is 5.32 Å². The number of nitrogens with zero attached hydrogens (tertiary/aromatic N) is 1. The summed E-state index contributed by atoms with van der Waals surface area (Å²) in [7, 11) is 0. The zero-order valence-corrected chi connectivity index (χ0v) is 16.9. The molecule has 0 radical (unpaired) electrons. The second-order valence-corrected chi connectivity index (χ2v) is 7.44. The maximum absolute atomic E-state index is 12.9. The first-order valence-corrected chi connectivity index (χ1v) is 10.5. The lowest BCUT2D eigenvalue weighted by Gasteiger charge is -2.28. The molecule has 144 valence electrons. The normalized spacial score (nSPS) is 11.6. The summed E-state index contributed by atoms with van der Waals surface area (Å²) < 4.78 is 0. The summed E-state index contributed by atoms with van der Waals surface area (Å²) in [5.74, 6) is 1.02. The van der Waals surface area contributed by atoms with E-state index >= 15 is 0 Å². The third kappa shape index (κ3) is 7.10. The number of hydrogen-bond donors (Lipinski definition) is 1. The van der Waals surface area contributed by atoms with E-state index in [1.165, 1.54) is 5.56 Å². The molecule has 1 unspecified atom stereocenters. The lowest BCUT2D eigenvalue weighted by molar-refractivity contribution is -0.138. The fourth-order valence-electron chi connectivity index (χ4n) is 2.67. The maximum atomic E-state index is 12.9. The van der Waals surface area contributed by atoms with Gasteiger partial charge in [-0.2, -0.15) is 0 Å². The Labute approximate surface area is 166 Å². The van der Waals surface area contributed by atoms with E-state index in [1.54, 1.807) is 23.6 Å². The minimum absolute atomic E-state index is 0.0149. The van der Waals surface area contributed by atoms with Gasteiger partial charge in [-0.15, -0.1) is 11.8 Å². The van der Waals surface area contributed by atoms with Crippen LogP contribution in [0.25, 0.3) is 0 Å². The molecule has 2 amide bonds. The molecular formula is C22H28N2O2S. The molecule has 0 aliphatic rings. The summed E-state index contributed by atoms with van der Waals surface area (Å²) in [6.07, 6.45) is 0.873. The molecule has 0 spiro atoms. The van der Waals surface area contributed by atoms with E-state index < -0.39 is 6.04 Å². The summed E-state index contributed by atoms with van der Waals surface area (Å²) in [6, 6.07) is 19.4. The maximum Gasteiger partial charge on any atom is 0.242 e. The van der Waals surface area contributed by atoms with Crippen molar-refractivity contribution in [3.05, 3.63) is 71.8 Å². The average molecular weight is 385 g/mol. The van der Waals surface area contributed by atoms with Gasteiger partial charge in [0.1, 0.15) is 6.04 Å². The van der Waals surface area contributed by atoms with Crippen molar-refractivity contribution < 1.29 is 9.59 Å². The molecule has 1 atom stereocenters. The van der Waals surface area contributed by atoms with Gasteiger partial charge < -0.3 is 10.2 Å². The Hall–Kier alpha value is -2.27. The summed E-state index contributed by atoms with van der Waals surface area (Å²) in [6.45, 7) is 4.87. The van der Waals surface area contributed by atoms with Crippen LogP contribution in [0.3, 0.4) is 0 Å². The molecule has 2 aromatic rings. The predicted octanol–water partition coefficient (Wildman–Crippen LogP) is 3.86. The topological polar surface area (TPSA) is 49.4 Å². The van der Waals surface area contributed by atoms with E-state index in [-0.39, 0.29) is 11.8 Å². The quantitative estimate of drug-likeness (QED) is 0.677. The molecule has 0 fully saturated rings. The Morgan fingerprint density at radius 3 is 2.19 bits per heavy atom. The molecule has 1 N–H and O–H groups in total. The van der Waals surface area contributed by atoms with Gasteiger partial charge in [-0.25, -0.2) is 0 Å². The molecule has 0 aromatic heterocycles. The van der Waals surface area contributed by atoms with Crippen molar-refractivity contribution in [2.75, 3.05) is 12.3 Å². The molecule has 2 aromatic carbocycles. The minimum atomic E-state index is -0.499. The first-order chi connectivity index (χ1) is 13.1. The van der Waals surface area contributed by atoms with E-state index in [0.29, 0.717) is 18.8 Å². The van der Waals surface area contributed by atoms with Crippen LogP contribution in [0.2, 0.25) is 0 Å². The largest absolute Gasteiger partial charge is 0.354 e. The van der Waals surface area contributed by atoms with E-state index in [9.17, 15) is 9.59 Å². The zero-order chi connectivity index (χ0) is 19.5. The standard InChI is InChI=1S/C22H28N2O2S/c1-3-14-23-22(26)18(2)24(15-19-10-6-4-7-11-19)21(25)17-27-16-20-12-8-5-9-13-20/h4-13,18H,3,14-17H2,1-2H3,(H,23,26). The smallest absolute Gasteiger partial charge is 0.242 e. The van der Waals surface area contributed by atoms with Crippen LogP contribution in [-0.2, 0) is 21.9 Å². The molecule has 2 rings (SSSR count). The number of nitrogens with one attached hydrogen (secondary N) is 1. The number of carbonyl (C=O) groups is 2. The highest BCUT2D eigenvalue weighted by Gasteiger charge is 2.25. The number of rotatable bonds is 10. The molecule has 0 saturated carbocycles. The second kappa shape index (κ2) is 11.4. The fourth-order valence-corrected chi connectivity index (χ4v) is 3.54. The molecule has 0 saturated heterocycles. The zero-order valence-electron chi connectivity index (χ0n) is 16.1. The number of thioether (sulfide) groups is 1. The van der Waals surface area contributed by atoms with Gasteiger partial charge in [0, 0.05) is 18.8 Å². The third-order valence-corrected chi connectivity index (χ3v) is 5.24. The number of hydrogen-bond acceptors (Lipinski definition) is 3. The highest BCUT2D eigenvalue weighted by Crippen LogP contribution is 2.15. The summed E-state index contributed by atoms with van der Waals surface area (Å²) >= 11 is 1.58. The first kappa shape index (κ1) is 21.0. The Morgan fingerprint density at radius 2 is 1.59 bits per heavy atom. The van der Waals surface area contributed by atoms with Gasteiger partial charge >= 0.3 is 0 Å². The van der Waals surface area contributed by atoms with Gasteiger partial charge in [0.15, 0.2) is 0 Å². The van der Waals surface area contributed by atoms with Crippen molar-refractivity contribution in [1.29, 1.82) is 0 Å². The molecule has 0 aliphatic heterocycles. The fraction of sp³-hybridized carbons (Fsp3) is 0.364. The van der Waals surface area contributed by atoms with E-state index in [1.807, 2.05) is 55.5 Å². The minimum Gasteiger partial charge on any atom is -0.354 e. The molecule has 0 aliphatic carbocycles. The molecule has 27 heavy (non-hydrogen) atoms. The average Bonchev–Trinajstić information content (AvgIpc) is 2.71. The van der Waals surface area contributed by atoms with Gasteiger partial charge in [-0.05, 0) is 24.5 Å². The molecule has 0 heterocycles. The molecule has 4 nitrogen and oxygen atoms in total. The number of benzene rings is 2. The highest BCUT2D eigenvalue weighted by atomic mass is 32.2. The van der Waals surface area contributed by atoms with Gasteiger partial charge in [-0.3, -0.25) is 9.59 Å². The van der Waals surface area contributed by atoms with Crippen molar-refractivity contribution in [3.8, 4) is 0 Å². The van der Waals surface area contributed by atoms with Crippen LogP contribution in [0.15, 0.2) is 60.7 Å². The Morgan fingerprint density at radius 1 is 1.00 bits per heavy atom. The van der Waals surface area contributed by atoms with E-state index in [4.69, 9.17) is 0 Å². The highest BCUT2D eigenvalue weighted by molar-refractivity contribution is 7.99. The Kier molecular flexibility index (Phi) is 8.92. The molecule has 0 bridgehead atoms. The number of carbonyl (C=O) groups excluding carboxylic acids is 2. The first-order valence-electron chi connectivity index (χ1n) is 9.34. The van der Waals surface area contributed by atoms with Crippen molar-refractivity contribution >= 4 is 23.6 Å². The molecular weight excluding hydrogens is 356 g/mol. The Bertz CT molecular complexity index is 707. The predicted molar refractivity (Wildman–Crippen MR) is 112 cm³/mol.